The lowest BCUT2D eigenvalue weighted by Crippen LogP contribution is -2.14. The number of halogens is 4. The monoisotopic (exact) mass is 534 g/mol. The van der Waals surface area contributed by atoms with Gasteiger partial charge in [-0.2, -0.15) is 0 Å². The van der Waals surface area contributed by atoms with Crippen LogP contribution in [0, 0.1) is 0 Å². The zero-order chi connectivity index (χ0) is 14.0. The first-order valence-corrected chi connectivity index (χ1v) is 10.6. The molecule has 9 heteroatoms. The molecule has 0 aliphatic rings. The molecule has 0 rings (SSSR count). The van der Waals surface area contributed by atoms with Gasteiger partial charge in [0.15, 0.2) is 0 Å². The van der Waals surface area contributed by atoms with Crippen molar-refractivity contribution in [2.45, 2.75) is 9.65 Å². The van der Waals surface area contributed by atoms with E-state index in [0.717, 1.165) is 0 Å². The van der Waals surface area contributed by atoms with Gasteiger partial charge in [0.2, 0.25) is 0 Å². The summed E-state index contributed by atoms with van der Waals surface area (Å²) >= 11 is 13.3. The molecule has 0 heterocycles. The zero-order valence-corrected chi connectivity index (χ0v) is 16.8. The Hall–Kier alpha value is 1.77. The van der Waals surface area contributed by atoms with Crippen LogP contribution in [0.4, 0.5) is 0 Å². The Balaban J connectivity index is 4.32. The number of phosphoric ester groups is 1. The molecular formula is C9H15Br4O4P. The smallest absolute Gasteiger partial charge is 0.286 e. The van der Waals surface area contributed by atoms with Crippen molar-refractivity contribution in [2.75, 3.05) is 30.5 Å². The fraction of sp³-hybridized carbons (Fsp3) is 0.778. The lowest BCUT2D eigenvalue weighted by atomic mass is 10.5. The standard InChI is InChI=1S/C9H15Br4O4P/c1-2-3-15-18(14,16-6-8(12)4-10)17-7-9(13)5-11/h2,8-9H,1,3-7H2. The number of hydrogen-bond donors (Lipinski definition) is 0. The van der Waals surface area contributed by atoms with Crippen LogP contribution in [0.25, 0.3) is 0 Å². The van der Waals surface area contributed by atoms with E-state index in [2.05, 4.69) is 70.3 Å². The molecule has 0 fully saturated rings. The second kappa shape index (κ2) is 11.4. The summed E-state index contributed by atoms with van der Waals surface area (Å²) in [5, 5.41) is 1.36. The summed E-state index contributed by atoms with van der Waals surface area (Å²) in [5.41, 5.74) is 0. The maximum Gasteiger partial charge on any atom is 0.475 e. The molecule has 0 saturated heterocycles. The highest BCUT2D eigenvalue weighted by atomic mass is 79.9. The Labute approximate surface area is 141 Å². The largest absolute Gasteiger partial charge is 0.475 e. The van der Waals surface area contributed by atoms with Crippen LogP contribution >= 0.6 is 71.5 Å². The van der Waals surface area contributed by atoms with Crippen LogP contribution < -0.4 is 0 Å². The van der Waals surface area contributed by atoms with E-state index in [4.69, 9.17) is 13.6 Å². The molecule has 0 aromatic heterocycles. The van der Waals surface area contributed by atoms with Crippen LogP contribution in [0.1, 0.15) is 0 Å². The Morgan fingerprint density at radius 1 is 1.06 bits per heavy atom. The molecule has 0 spiro atoms. The van der Waals surface area contributed by atoms with Crippen molar-refractivity contribution in [3.8, 4) is 0 Å². The predicted molar refractivity (Wildman–Crippen MR) is 88.7 cm³/mol. The Morgan fingerprint density at radius 3 is 1.83 bits per heavy atom. The van der Waals surface area contributed by atoms with Gasteiger partial charge in [-0.05, 0) is 0 Å². The second-order valence-electron chi connectivity index (χ2n) is 3.13. The molecule has 0 aromatic carbocycles. The van der Waals surface area contributed by atoms with Gasteiger partial charge in [0.05, 0.1) is 19.8 Å². The quantitative estimate of drug-likeness (QED) is 0.219. The third-order valence-electron chi connectivity index (χ3n) is 1.51. The topological polar surface area (TPSA) is 44.8 Å². The molecule has 108 valence electrons. The fourth-order valence-corrected chi connectivity index (χ4v) is 2.97. The zero-order valence-electron chi connectivity index (χ0n) is 9.57. The van der Waals surface area contributed by atoms with Crippen LogP contribution in [-0.2, 0) is 18.1 Å². The highest BCUT2D eigenvalue weighted by Crippen LogP contribution is 2.50. The maximum atomic E-state index is 12.2. The second-order valence-corrected chi connectivity index (χ2v) is 8.68. The summed E-state index contributed by atoms with van der Waals surface area (Å²) in [6.07, 6.45) is 1.49. The van der Waals surface area contributed by atoms with Gasteiger partial charge in [0, 0.05) is 20.3 Å². The van der Waals surface area contributed by atoms with Crippen molar-refractivity contribution in [3.05, 3.63) is 12.7 Å². The molecule has 2 unspecified atom stereocenters. The molecule has 0 amide bonds. The van der Waals surface area contributed by atoms with Gasteiger partial charge in [-0.15, -0.1) is 6.58 Å². The molecule has 4 nitrogen and oxygen atoms in total. The molecule has 0 aromatic rings. The summed E-state index contributed by atoms with van der Waals surface area (Å²) in [7, 11) is -3.54. The Kier molecular flexibility index (Phi) is 12.6. The van der Waals surface area contributed by atoms with E-state index >= 15 is 0 Å². The van der Waals surface area contributed by atoms with Crippen molar-refractivity contribution < 1.29 is 18.1 Å². The van der Waals surface area contributed by atoms with Gasteiger partial charge in [0.25, 0.3) is 0 Å². The number of phosphoric acid groups is 1. The normalized spacial score (nSPS) is 18.0. The summed E-state index contributed by atoms with van der Waals surface area (Å²) in [5.74, 6) is 0. The third kappa shape index (κ3) is 9.64. The SMILES string of the molecule is C=CCOP(=O)(OCC(Br)CBr)OCC(Br)CBr. The average Bonchev–Trinajstić information content (AvgIpc) is 2.40. The molecule has 18 heavy (non-hydrogen) atoms. The number of hydrogen-bond acceptors (Lipinski definition) is 4. The van der Waals surface area contributed by atoms with Gasteiger partial charge in [0.1, 0.15) is 0 Å². The minimum atomic E-state index is -3.54. The van der Waals surface area contributed by atoms with Gasteiger partial charge in [-0.1, -0.05) is 69.8 Å². The van der Waals surface area contributed by atoms with Crippen molar-refractivity contribution in [1.82, 2.24) is 0 Å². The van der Waals surface area contributed by atoms with Crippen molar-refractivity contribution in [1.29, 1.82) is 0 Å². The number of alkyl halides is 4. The Morgan fingerprint density at radius 2 is 1.50 bits per heavy atom. The molecule has 2 atom stereocenters. The minimum Gasteiger partial charge on any atom is -0.286 e. The molecule has 0 N–H and O–H groups in total. The maximum absolute atomic E-state index is 12.2. The lowest BCUT2D eigenvalue weighted by Gasteiger charge is -2.19. The third-order valence-corrected chi connectivity index (χ3v) is 7.39. The van der Waals surface area contributed by atoms with Crippen LogP contribution in [-0.4, -0.2) is 40.1 Å². The highest BCUT2D eigenvalue weighted by Gasteiger charge is 2.28. The summed E-state index contributed by atoms with van der Waals surface area (Å²) in [4.78, 5) is 0.0791. The van der Waals surface area contributed by atoms with Crippen molar-refractivity contribution in [3.63, 3.8) is 0 Å². The van der Waals surface area contributed by atoms with Crippen LogP contribution in [0.2, 0.25) is 0 Å². The summed E-state index contributed by atoms with van der Waals surface area (Å²) < 4.78 is 27.8. The summed E-state index contributed by atoms with van der Waals surface area (Å²) in [6, 6.07) is 0. The molecule has 0 aliphatic carbocycles. The van der Waals surface area contributed by atoms with Gasteiger partial charge in [-0.25, -0.2) is 4.57 Å². The Bertz CT molecular complexity index is 261. The molecule has 0 aliphatic heterocycles. The average molecular weight is 538 g/mol. The van der Waals surface area contributed by atoms with E-state index < -0.39 is 7.82 Å². The van der Waals surface area contributed by atoms with Gasteiger partial charge < -0.3 is 0 Å². The molecule has 0 radical (unpaired) electrons. The first kappa shape index (κ1) is 19.8. The van der Waals surface area contributed by atoms with Crippen LogP contribution in [0.3, 0.4) is 0 Å². The van der Waals surface area contributed by atoms with Crippen LogP contribution in [0.5, 0.6) is 0 Å². The first-order chi connectivity index (χ1) is 8.47. The van der Waals surface area contributed by atoms with Crippen molar-refractivity contribution in [2.24, 2.45) is 0 Å². The van der Waals surface area contributed by atoms with E-state index in [-0.39, 0.29) is 29.5 Å². The minimum absolute atomic E-state index is 0.0395. The van der Waals surface area contributed by atoms with Gasteiger partial charge >= 0.3 is 7.82 Å². The molecular weight excluding hydrogens is 523 g/mol. The van der Waals surface area contributed by atoms with E-state index in [1.165, 1.54) is 6.08 Å². The molecule has 0 bridgehead atoms. The fourth-order valence-electron chi connectivity index (χ4n) is 0.689. The van der Waals surface area contributed by atoms with Gasteiger partial charge in [-0.3, -0.25) is 13.6 Å². The van der Waals surface area contributed by atoms with E-state index in [9.17, 15) is 4.57 Å². The van der Waals surface area contributed by atoms with Crippen molar-refractivity contribution >= 4 is 71.5 Å². The predicted octanol–water partition coefficient (Wildman–Crippen LogP) is 4.65. The van der Waals surface area contributed by atoms with E-state index in [1.54, 1.807) is 0 Å². The number of rotatable bonds is 11. The summed E-state index contributed by atoms with van der Waals surface area (Å²) in [6.45, 7) is 4.05. The van der Waals surface area contributed by atoms with Crippen LogP contribution in [0.15, 0.2) is 12.7 Å². The first-order valence-electron chi connectivity index (χ1n) is 5.02. The highest BCUT2D eigenvalue weighted by molar-refractivity contribution is 9.12. The molecule has 0 saturated carbocycles. The lowest BCUT2D eigenvalue weighted by molar-refractivity contribution is 0.125. The van der Waals surface area contributed by atoms with E-state index in [1.807, 2.05) is 0 Å². The van der Waals surface area contributed by atoms with E-state index in [0.29, 0.717) is 10.7 Å².